The second-order valence-electron chi connectivity index (χ2n) is 7.66. The average Bonchev–Trinajstić information content (AvgIpc) is 3.23. The van der Waals surface area contributed by atoms with Crippen LogP contribution in [0.15, 0.2) is 0 Å². The van der Waals surface area contributed by atoms with Gasteiger partial charge in [-0.05, 0) is 52.0 Å². The normalized spacial score (nSPS) is 16.1. The van der Waals surface area contributed by atoms with E-state index in [2.05, 4.69) is 29.8 Å². The van der Waals surface area contributed by atoms with Crippen LogP contribution in [0.3, 0.4) is 0 Å². The molecule has 6 heteroatoms. The standard InChI is InChI=1S/C17H33N3O3/c1-12(2)14(11-20-16(22)23-17(3,4)5)10-18-8-9-19-15(21)13-6-7-13/h12-14,18H,6-11H2,1-5H3,(H,19,21)(H,20,22). The van der Waals surface area contributed by atoms with Crippen molar-refractivity contribution in [1.82, 2.24) is 16.0 Å². The highest BCUT2D eigenvalue weighted by Gasteiger charge is 2.29. The van der Waals surface area contributed by atoms with Crippen molar-refractivity contribution in [1.29, 1.82) is 0 Å². The van der Waals surface area contributed by atoms with Gasteiger partial charge in [0.05, 0.1) is 0 Å². The molecule has 1 saturated carbocycles. The molecule has 1 aliphatic carbocycles. The number of ether oxygens (including phenoxy) is 1. The first kappa shape index (κ1) is 19.7. The zero-order chi connectivity index (χ0) is 17.5. The fraction of sp³-hybridized carbons (Fsp3) is 0.882. The molecule has 3 N–H and O–H groups in total. The minimum Gasteiger partial charge on any atom is -0.444 e. The molecule has 1 fully saturated rings. The Morgan fingerprint density at radius 2 is 1.74 bits per heavy atom. The van der Waals surface area contributed by atoms with Gasteiger partial charge >= 0.3 is 6.09 Å². The number of hydrogen-bond acceptors (Lipinski definition) is 4. The summed E-state index contributed by atoms with van der Waals surface area (Å²) in [4.78, 5) is 23.2. The molecule has 6 nitrogen and oxygen atoms in total. The van der Waals surface area contributed by atoms with E-state index < -0.39 is 5.60 Å². The van der Waals surface area contributed by atoms with E-state index in [-0.39, 0.29) is 17.9 Å². The van der Waals surface area contributed by atoms with Crippen molar-refractivity contribution in [3.05, 3.63) is 0 Å². The molecule has 0 radical (unpaired) electrons. The summed E-state index contributed by atoms with van der Waals surface area (Å²) in [7, 11) is 0. The molecule has 0 aromatic carbocycles. The largest absolute Gasteiger partial charge is 0.444 e. The maximum atomic E-state index is 11.7. The van der Waals surface area contributed by atoms with Crippen molar-refractivity contribution < 1.29 is 14.3 Å². The lowest BCUT2D eigenvalue weighted by Crippen LogP contribution is -2.41. The van der Waals surface area contributed by atoms with Gasteiger partial charge in [-0.3, -0.25) is 4.79 Å². The van der Waals surface area contributed by atoms with E-state index in [1.54, 1.807) is 0 Å². The Morgan fingerprint density at radius 3 is 2.26 bits per heavy atom. The third-order valence-corrected chi connectivity index (χ3v) is 3.81. The first-order chi connectivity index (χ1) is 10.7. The van der Waals surface area contributed by atoms with Crippen molar-refractivity contribution in [2.75, 3.05) is 26.2 Å². The molecule has 1 aliphatic rings. The lowest BCUT2D eigenvalue weighted by molar-refractivity contribution is -0.122. The molecule has 1 atom stereocenters. The second kappa shape index (κ2) is 9.11. The number of nitrogens with one attached hydrogen (secondary N) is 3. The van der Waals surface area contributed by atoms with Gasteiger partial charge in [-0.1, -0.05) is 13.8 Å². The number of carbonyl (C=O) groups is 2. The van der Waals surface area contributed by atoms with Gasteiger partial charge in [0, 0.05) is 25.6 Å². The van der Waals surface area contributed by atoms with Gasteiger partial charge in [-0.25, -0.2) is 4.79 Å². The van der Waals surface area contributed by atoms with Gasteiger partial charge in [-0.2, -0.15) is 0 Å². The molecular weight excluding hydrogens is 294 g/mol. The van der Waals surface area contributed by atoms with E-state index in [4.69, 9.17) is 4.74 Å². The number of hydrogen-bond donors (Lipinski definition) is 3. The molecule has 0 bridgehead atoms. The summed E-state index contributed by atoms with van der Waals surface area (Å²) in [6.07, 6.45) is 1.69. The van der Waals surface area contributed by atoms with Crippen molar-refractivity contribution in [3.8, 4) is 0 Å². The highest BCUT2D eigenvalue weighted by Crippen LogP contribution is 2.28. The van der Waals surface area contributed by atoms with Crippen LogP contribution in [0.25, 0.3) is 0 Å². The van der Waals surface area contributed by atoms with Gasteiger partial charge in [-0.15, -0.1) is 0 Å². The van der Waals surface area contributed by atoms with Crippen LogP contribution < -0.4 is 16.0 Å². The van der Waals surface area contributed by atoms with Crippen LogP contribution in [0.5, 0.6) is 0 Å². The van der Waals surface area contributed by atoms with Crippen LogP contribution in [-0.4, -0.2) is 43.8 Å². The number of rotatable bonds is 9. The van der Waals surface area contributed by atoms with Crippen LogP contribution in [-0.2, 0) is 9.53 Å². The monoisotopic (exact) mass is 327 g/mol. The van der Waals surface area contributed by atoms with Crippen molar-refractivity contribution in [2.24, 2.45) is 17.8 Å². The molecule has 0 heterocycles. The molecule has 1 rings (SSSR count). The Labute approximate surface area is 140 Å². The van der Waals surface area contributed by atoms with E-state index in [0.717, 1.165) is 25.9 Å². The summed E-state index contributed by atoms with van der Waals surface area (Å²) in [6, 6.07) is 0. The Hall–Kier alpha value is -1.30. The predicted octanol–water partition coefficient (Wildman–Crippen LogP) is 1.90. The minimum atomic E-state index is -0.477. The lowest BCUT2D eigenvalue weighted by atomic mass is 9.96. The first-order valence-electron chi connectivity index (χ1n) is 8.64. The molecule has 2 amide bonds. The van der Waals surface area contributed by atoms with E-state index in [0.29, 0.717) is 24.9 Å². The van der Waals surface area contributed by atoms with Crippen molar-refractivity contribution >= 4 is 12.0 Å². The Balaban J connectivity index is 2.15. The molecule has 134 valence electrons. The summed E-state index contributed by atoms with van der Waals surface area (Å²) < 4.78 is 5.25. The molecule has 0 spiro atoms. The Kier molecular flexibility index (Phi) is 7.82. The van der Waals surface area contributed by atoms with E-state index >= 15 is 0 Å². The fourth-order valence-electron chi connectivity index (χ4n) is 2.12. The third kappa shape index (κ3) is 9.43. The zero-order valence-electron chi connectivity index (χ0n) is 15.2. The van der Waals surface area contributed by atoms with Gasteiger partial charge in [0.25, 0.3) is 0 Å². The van der Waals surface area contributed by atoms with Gasteiger partial charge in [0.1, 0.15) is 5.60 Å². The Morgan fingerprint density at radius 1 is 1.09 bits per heavy atom. The SMILES string of the molecule is CC(C)C(CNCCNC(=O)C1CC1)CNC(=O)OC(C)(C)C. The van der Waals surface area contributed by atoms with E-state index in [1.165, 1.54) is 0 Å². The molecule has 0 aromatic heterocycles. The molecule has 0 saturated heterocycles. The third-order valence-electron chi connectivity index (χ3n) is 3.81. The van der Waals surface area contributed by atoms with Crippen LogP contribution >= 0.6 is 0 Å². The summed E-state index contributed by atoms with van der Waals surface area (Å²) in [5, 5.41) is 9.11. The summed E-state index contributed by atoms with van der Waals surface area (Å²) in [6.45, 7) is 12.6. The smallest absolute Gasteiger partial charge is 0.407 e. The minimum absolute atomic E-state index is 0.179. The molecular formula is C17H33N3O3. The van der Waals surface area contributed by atoms with Crippen LogP contribution in [0.2, 0.25) is 0 Å². The van der Waals surface area contributed by atoms with E-state index in [1.807, 2.05) is 20.8 Å². The summed E-state index contributed by atoms with van der Waals surface area (Å²) in [5.41, 5.74) is -0.477. The van der Waals surface area contributed by atoms with Gasteiger partial charge < -0.3 is 20.7 Å². The zero-order valence-corrected chi connectivity index (χ0v) is 15.2. The van der Waals surface area contributed by atoms with Crippen LogP contribution in [0, 0.1) is 17.8 Å². The number of alkyl carbamates (subject to hydrolysis) is 1. The van der Waals surface area contributed by atoms with Crippen LogP contribution in [0.1, 0.15) is 47.5 Å². The predicted molar refractivity (Wildman–Crippen MR) is 91.2 cm³/mol. The van der Waals surface area contributed by atoms with Gasteiger partial charge in [0.15, 0.2) is 0 Å². The summed E-state index contributed by atoms with van der Waals surface area (Å²) >= 11 is 0. The highest BCUT2D eigenvalue weighted by molar-refractivity contribution is 5.80. The lowest BCUT2D eigenvalue weighted by Gasteiger charge is -2.24. The molecule has 0 aromatic rings. The first-order valence-corrected chi connectivity index (χ1v) is 8.64. The maximum absolute atomic E-state index is 11.7. The van der Waals surface area contributed by atoms with Crippen molar-refractivity contribution in [3.63, 3.8) is 0 Å². The number of carbonyl (C=O) groups excluding carboxylic acids is 2. The number of amides is 2. The quantitative estimate of drug-likeness (QED) is 0.565. The molecule has 1 unspecified atom stereocenters. The summed E-state index contributed by atoms with van der Waals surface area (Å²) in [5.74, 6) is 1.20. The second-order valence-corrected chi connectivity index (χ2v) is 7.66. The Bertz CT molecular complexity index is 387. The highest BCUT2D eigenvalue weighted by atomic mass is 16.6. The topological polar surface area (TPSA) is 79.5 Å². The molecule has 0 aliphatic heterocycles. The van der Waals surface area contributed by atoms with Gasteiger partial charge in [0.2, 0.25) is 5.91 Å². The molecule has 23 heavy (non-hydrogen) atoms. The maximum Gasteiger partial charge on any atom is 0.407 e. The fourth-order valence-corrected chi connectivity index (χ4v) is 2.12. The van der Waals surface area contributed by atoms with E-state index in [9.17, 15) is 9.59 Å². The van der Waals surface area contributed by atoms with Crippen LogP contribution in [0.4, 0.5) is 4.79 Å². The van der Waals surface area contributed by atoms with Crippen molar-refractivity contribution in [2.45, 2.75) is 53.1 Å². The average molecular weight is 327 g/mol.